The van der Waals surface area contributed by atoms with E-state index in [1.807, 2.05) is 0 Å². The van der Waals surface area contributed by atoms with Crippen LogP contribution in [0.25, 0.3) is 0 Å². The molecular formula is C15H23N2O9P. The summed E-state index contributed by atoms with van der Waals surface area (Å²) < 4.78 is 29.3. The maximum atomic E-state index is 13.2. The van der Waals surface area contributed by atoms with Crippen LogP contribution in [0, 0.1) is 11.1 Å². The van der Waals surface area contributed by atoms with Gasteiger partial charge in [0.1, 0.15) is 6.61 Å². The van der Waals surface area contributed by atoms with Crippen molar-refractivity contribution in [3.63, 3.8) is 0 Å². The van der Waals surface area contributed by atoms with Crippen LogP contribution in [-0.4, -0.2) is 59.1 Å². The summed E-state index contributed by atoms with van der Waals surface area (Å²) in [6.45, 7) is 4.45. The molecule has 2 aliphatic rings. The number of ether oxygens (including phenoxy) is 1. The highest BCUT2D eigenvalue weighted by Crippen LogP contribution is 2.64. The first-order chi connectivity index (χ1) is 12.7. The topological polar surface area (TPSA) is 135 Å². The highest BCUT2D eigenvalue weighted by atomic mass is 31.2. The first-order valence-electron chi connectivity index (χ1n) is 8.59. The van der Waals surface area contributed by atoms with Crippen molar-refractivity contribution in [1.29, 1.82) is 0 Å². The summed E-state index contributed by atoms with van der Waals surface area (Å²) in [7, 11) is -3.87. The van der Waals surface area contributed by atoms with Gasteiger partial charge in [-0.2, -0.15) is 4.74 Å². The molecule has 0 N–H and O–H groups in total. The van der Waals surface area contributed by atoms with E-state index in [1.165, 1.54) is 13.1 Å². The molecule has 2 aliphatic heterocycles. The van der Waals surface area contributed by atoms with Crippen molar-refractivity contribution in [2.24, 2.45) is 5.92 Å². The fourth-order valence-corrected chi connectivity index (χ4v) is 5.17. The molecule has 0 saturated carbocycles. The molecule has 27 heavy (non-hydrogen) atoms. The van der Waals surface area contributed by atoms with E-state index in [9.17, 15) is 24.2 Å². The Bertz CT molecular complexity index is 669. The van der Waals surface area contributed by atoms with Gasteiger partial charge in [0.05, 0.1) is 19.1 Å². The van der Waals surface area contributed by atoms with E-state index < -0.39 is 36.8 Å². The second-order valence-corrected chi connectivity index (χ2v) is 8.52. The second-order valence-electron chi connectivity index (χ2n) is 6.10. The highest BCUT2D eigenvalue weighted by Gasteiger charge is 2.63. The zero-order valence-corrected chi connectivity index (χ0v) is 16.3. The number of hydrogen-bond acceptors (Lipinski definition) is 9. The third-order valence-electron chi connectivity index (χ3n) is 4.50. The number of hydroxylamine groups is 3. The number of carbonyl (C=O) groups is 3. The van der Waals surface area contributed by atoms with Crippen molar-refractivity contribution >= 4 is 31.8 Å². The molecule has 2 heterocycles. The fourth-order valence-electron chi connectivity index (χ4n) is 2.95. The summed E-state index contributed by atoms with van der Waals surface area (Å²) >= 11 is 0. The van der Waals surface area contributed by atoms with Gasteiger partial charge in [-0.25, -0.2) is 4.79 Å². The van der Waals surface area contributed by atoms with Crippen molar-refractivity contribution < 1.29 is 42.3 Å². The Morgan fingerprint density at radius 2 is 1.85 bits per heavy atom. The van der Waals surface area contributed by atoms with E-state index in [1.54, 1.807) is 13.8 Å². The Hall–Kier alpha value is -1.97. The molecule has 0 spiro atoms. The van der Waals surface area contributed by atoms with Gasteiger partial charge in [-0.3, -0.25) is 19.0 Å². The van der Waals surface area contributed by atoms with Crippen LogP contribution in [0.1, 0.15) is 40.0 Å². The summed E-state index contributed by atoms with van der Waals surface area (Å²) in [5.74, 6) is -1.99. The number of amides is 2. The van der Waals surface area contributed by atoms with E-state index in [-0.39, 0.29) is 39.1 Å². The molecule has 0 aromatic rings. The monoisotopic (exact) mass is 406 g/mol. The molecule has 0 unspecified atom stereocenters. The van der Waals surface area contributed by atoms with E-state index in [0.717, 1.165) is 0 Å². The van der Waals surface area contributed by atoms with Crippen LogP contribution in [0.5, 0.6) is 0 Å². The van der Waals surface area contributed by atoms with Gasteiger partial charge in [-0.15, -0.1) is 0 Å². The normalized spacial score (nSPS) is 25.7. The van der Waals surface area contributed by atoms with Gasteiger partial charge in [0, 0.05) is 26.2 Å². The zero-order valence-electron chi connectivity index (χ0n) is 15.4. The van der Waals surface area contributed by atoms with Crippen molar-refractivity contribution in [2.75, 3.05) is 19.8 Å². The number of nitrogens with zero attached hydrogens (tertiary/aromatic N) is 2. The molecule has 0 bridgehead atoms. The van der Waals surface area contributed by atoms with Crippen molar-refractivity contribution in [2.45, 2.75) is 45.3 Å². The van der Waals surface area contributed by atoms with Crippen LogP contribution < -0.4 is 0 Å². The van der Waals surface area contributed by atoms with Gasteiger partial charge in [-0.05, 0) is 13.8 Å². The quantitative estimate of drug-likeness (QED) is 0.194. The largest absolute Gasteiger partial charge is 0.623 e. The van der Waals surface area contributed by atoms with Crippen LogP contribution in [0.4, 0.5) is 4.79 Å². The average Bonchev–Trinajstić information content (AvgIpc) is 3.08. The van der Waals surface area contributed by atoms with Gasteiger partial charge in [0.2, 0.25) is 0 Å². The first kappa shape index (κ1) is 21.3. The second kappa shape index (κ2) is 8.37. The van der Waals surface area contributed by atoms with Crippen LogP contribution in [0.2, 0.25) is 0 Å². The maximum Gasteiger partial charge on any atom is 0.533 e. The van der Waals surface area contributed by atoms with Gasteiger partial charge in [0.15, 0.2) is 6.21 Å². The van der Waals surface area contributed by atoms with Crippen molar-refractivity contribution in [3.05, 3.63) is 5.21 Å². The Labute approximate surface area is 156 Å². The minimum atomic E-state index is -3.87. The smallest absolute Gasteiger partial charge is 0.533 e. The Morgan fingerprint density at radius 1 is 1.30 bits per heavy atom. The molecule has 0 aromatic heterocycles. The standard InChI is InChI=1S/C15H23N2O9P/c1-4-24-27(22,25-5-2)15(3)11(8-9-16(15)21)10-23-14(20)26-17-12(18)6-7-13(17)19/h9,11H,4-8,10H2,1-3H3/t11-,15+/m1/s1. The predicted octanol–water partition coefficient (Wildman–Crippen LogP) is 1.79. The summed E-state index contributed by atoms with van der Waals surface area (Å²) in [4.78, 5) is 39.3. The van der Waals surface area contributed by atoms with E-state index >= 15 is 0 Å². The van der Waals surface area contributed by atoms with E-state index in [4.69, 9.17) is 13.8 Å². The molecule has 12 heteroatoms. The lowest BCUT2D eigenvalue weighted by atomic mass is 10.0. The van der Waals surface area contributed by atoms with Gasteiger partial charge < -0.3 is 19.0 Å². The van der Waals surface area contributed by atoms with Gasteiger partial charge >= 0.3 is 13.8 Å². The van der Waals surface area contributed by atoms with Gasteiger partial charge in [0.25, 0.3) is 17.1 Å². The molecule has 0 aliphatic carbocycles. The van der Waals surface area contributed by atoms with Crippen molar-refractivity contribution in [1.82, 2.24) is 5.06 Å². The van der Waals surface area contributed by atoms with E-state index in [2.05, 4.69) is 4.84 Å². The van der Waals surface area contributed by atoms with Gasteiger partial charge in [-0.1, -0.05) is 5.06 Å². The molecule has 1 saturated heterocycles. The molecule has 1 fully saturated rings. The summed E-state index contributed by atoms with van der Waals surface area (Å²) in [6.07, 6.45) is 0.0849. The predicted molar refractivity (Wildman–Crippen MR) is 90.6 cm³/mol. The fraction of sp³-hybridized carbons (Fsp3) is 0.733. The molecule has 0 aromatic carbocycles. The molecule has 152 valence electrons. The van der Waals surface area contributed by atoms with Crippen LogP contribution in [0.3, 0.4) is 0 Å². The number of imide groups is 1. The lowest BCUT2D eigenvalue weighted by Gasteiger charge is -2.34. The first-order valence-corrected chi connectivity index (χ1v) is 10.1. The molecule has 2 amide bonds. The summed E-state index contributed by atoms with van der Waals surface area (Å²) in [5.41, 5.74) is 0. The zero-order chi connectivity index (χ0) is 20.2. The number of carbonyl (C=O) groups excluding carboxylic acids is 3. The lowest BCUT2D eigenvalue weighted by molar-refractivity contribution is -0.515. The number of hydrogen-bond donors (Lipinski definition) is 0. The third kappa shape index (κ3) is 3.99. The average molecular weight is 406 g/mol. The molecule has 0 radical (unpaired) electrons. The highest BCUT2D eigenvalue weighted by molar-refractivity contribution is 7.55. The number of rotatable bonds is 8. The SMILES string of the molecule is CCOP(=O)(OCC)[C@@]1(C)[C@@H](COC(=O)ON2C(=O)CCC2=O)CC=[N+]1[O-]. The minimum absolute atomic E-state index is 0.0429. The van der Waals surface area contributed by atoms with Crippen LogP contribution >= 0.6 is 7.60 Å². The molecular weight excluding hydrogens is 383 g/mol. The summed E-state index contributed by atoms with van der Waals surface area (Å²) in [5, 5.41) is 11.1. The Morgan fingerprint density at radius 3 is 2.37 bits per heavy atom. The van der Waals surface area contributed by atoms with Crippen LogP contribution in [0.15, 0.2) is 0 Å². The van der Waals surface area contributed by atoms with Crippen LogP contribution in [-0.2, 0) is 32.8 Å². The third-order valence-corrected chi connectivity index (χ3v) is 7.37. The molecule has 2 atom stereocenters. The Kier molecular flexibility index (Phi) is 6.61. The minimum Gasteiger partial charge on any atom is -0.623 e. The van der Waals surface area contributed by atoms with E-state index in [0.29, 0.717) is 9.80 Å². The summed E-state index contributed by atoms with van der Waals surface area (Å²) in [6, 6.07) is 0. The molecule has 2 rings (SSSR count). The molecule has 11 nitrogen and oxygen atoms in total. The lowest BCUT2D eigenvalue weighted by Crippen LogP contribution is -2.43. The maximum absolute atomic E-state index is 13.2. The van der Waals surface area contributed by atoms with Crippen molar-refractivity contribution in [3.8, 4) is 0 Å². The Balaban J connectivity index is 2.06.